The van der Waals surface area contributed by atoms with E-state index in [-0.39, 0.29) is 12.0 Å². The lowest BCUT2D eigenvalue weighted by molar-refractivity contribution is 0.0759. The minimum absolute atomic E-state index is 0.104. The maximum atomic E-state index is 13.5. The van der Waals surface area contributed by atoms with E-state index in [1.54, 1.807) is 32.9 Å². The number of aryl methyl sites for hydroxylation is 2. The van der Waals surface area contributed by atoms with Crippen LogP contribution in [0, 0.1) is 6.92 Å². The largest absolute Gasteiger partial charge is 0.463 e. The predicted molar refractivity (Wildman–Crippen MR) is 105 cm³/mol. The van der Waals surface area contributed by atoms with Gasteiger partial charge in [-0.1, -0.05) is 0 Å². The van der Waals surface area contributed by atoms with Crippen LogP contribution < -0.4 is 0 Å². The van der Waals surface area contributed by atoms with Crippen LogP contribution in [-0.4, -0.2) is 69.9 Å². The Hall–Kier alpha value is -3.36. The molecule has 9 heteroatoms. The van der Waals surface area contributed by atoms with Gasteiger partial charge >= 0.3 is 6.09 Å². The number of methoxy groups -OCH3 is 1. The zero-order chi connectivity index (χ0) is 20.5. The molecule has 4 rings (SSSR count). The van der Waals surface area contributed by atoms with Gasteiger partial charge in [0.05, 0.1) is 30.0 Å². The fraction of sp³-hybridized carbons (Fsp3) is 0.400. The molecule has 0 N–H and O–H groups in total. The van der Waals surface area contributed by atoms with Gasteiger partial charge in [0.15, 0.2) is 11.4 Å². The molecule has 152 valence electrons. The number of rotatable bonds is 2. The second-order valence-corrected chi connectivity index (χ2v) is 7.04. The molecule has 29 heavy (non-hydrogen) atoms. The summed E-state index contributed by atoms with van der Waals surface area (Å²) in [5, 5.41) is 5.19. The van der Waals surface area contributed by atoms with Crippen molar-refractivity contribution in [1.29, 1.82) is 0 Å². The molecule has 0 radical (unpaired) electrons. The molecule has 0 saturated carbocycles. The molecule has 0 aromatic carbocycles. The zero-order valence-corrected chi connectivity index (χ0v) is 16.7. The van der Waals surface area contributed by atoms with Gasteiger partial charge in [-0.3, -0.25) is 9.48 Å². The summed E-state index contributed by atoms with van der Waals surface area (Å²) >= 11 is 0. The van der Waals surface area contributed by atoms with Crippen LogP contribution in [0.15, 0.2) is 28.9 Å². The highest BCUT2D eigenvalue weighted by molar-refractivity contribution is 6.07. The third-order valence-corrected chi connectivity index (χ3v) is 5.19. The minimum atomic E-state index is -0.367. The lowest BCUT2D eigenvalue weighted by Gasteiger charge is -2.22. The Kier molecular flexibility index (Phi) is 4.96. The second kappa shape index (κ2) is 7.57. The van der Waals surface area contributed by atoms with Crippen LogP contribution in [0.25, 0.3) is 22.5 Å². The van der Waals surface area contributed by atoms with Gasteiger partial charge in [0.1, 0.15) is 5.69 Å². The monoisotopic (exact) mass is 397 g/mol. The summed E-state index contributed by atoms with van der Waals surface area (Å²) in [5.41, 5.74) is 2.50. The Bertz CT molecular complexity index is 1060. The van der Waals surface area contributed by atoms with Crippen molar-refractivity contribution in [2.75, 3.05) is 33.3 Å². The Morgan fingerprint density at radius 3 is 2.66 bits per heavy atom. The van der Waals surface area contributed by atoms with Gasteiger partial charge < -0.3 is 19.0 Å². The number of amides is 2. The Labute approximate surface area is 167 Å². The van der Waals surface area contributed by atoms with Crippen LogP contribution in [-0.2, 0) is 11.8 Å². The van der Waals surface area contributed by atoms with Gasteiger partial charge in [0.25, 0.3) is 5.91 Å². The number of pyridine rings is 1. The average molecular weight is 397 g/mol. The van der Waals surface area contributed by atoms with Crippen molar-refractivity contribution in [2.24, 2.45) is 7.05 Å². The number of hydrogen-bond acceptors (Lipinski definition) is 6. The van der Waals surface area contributed by atoms with E-state index in [0.29, 0.717) is 55.3 Å². The molecule has 3 aromatic heterocycles. The molecule has 4 heterocycles. The summed E-state index contributed by atoms with van der Waals surface area (Å²) in [7, 11) is 3.17. The van der Waals surface area contributed by atoms with Gasteiger partial charge in [0, 0.05) is 33.2 Å². The van der Waals surface area contributed by atoms with E-state index in [9.17, 15) is 9.59 Å². The highest BCUT2D eigenvalue weighted by Crippen LogP contribution is 2.28. The van der Waals surface area contributed by atoms with E-state index >= 15 is 0 Å². The maximum Gasteiger partial charge on any atom is 0.409 e. The summed E-state index contributed by atoms with van der Waals surface area (Å²) in [6.07, 6.45) is 1.90. The maximum absolute atomic E-state index is 13.5. The molecule has 1 aliphatic heterocycles. The van der Waals surface area contributed by atoms with Crippen LogP contribution in [0.3, 0.4) is 0 Å². The third-order valence-electron chi connectivity index (χ3n) is 5.19. The summed E-state index contributed by atoms with van der Waals surface area (Å²) in [5.74, 6) is 0.487. The molecule has 0 spiro atoms. The quantitative estimate of drug-likeness (QED) is 0.659. The summed E-state index contributed by atoms with van der Waals surface area (Å²) in [6, 6.07) is 5.36. The van der Waals surface area contributed by atoms with Crippen LogP contribution in [0.1, 0.15) is 22.5 Å². The van der Waals surface area contributed by atoms with Crippen molar-refractivity contribution in [1.82, 2.24) is 24.6 Å². The van der Waals surface area contributed by atoms with E-state index in [1.807, 2.05) is 20.0 Å². The second-order valence-electron chi connectivity index (χ2n) is 7.04. The lowest BCUT2D eigenvalue weighted by atomic mass is 10.1. The molecule has 3 aromatic rings. The topological polar surface area (TPSA) is 93.7 Å². The molecule has 9 nitrogen and oxygen atoms in total. The SMILES string of the molecule is COC(=O)N1CCCN(C(=O)c2cc(-c3ccco3)nc3c2c(C)nn3C)CC1. The first-order valence-electron chi connectivity index (χ1n) is 9.50. The standard InChI is InChI=1S/C20H23N5O4/c1-13-17-14(19(26)24-7-5-8-25(10-9-24)20(27)28-3)12-15(16-6-4-11-29-16)21-18(17)23(2)22-13/h4,6,11-12H,5,7-10H2,1-3H3. The Morgan fingerprint density at radius 2 is 1.93 bits per heavy atom. The van der Waals surface area contributed by atoms with Crippen molar-refractivity contribution in [3.8, 4) is 11.5 Å². The highest BCUT2D eigenvalue weighted by atomic mass is 16.5. The van der Waals surface area contributed by atoms with Gasteiger partial charge in [-0.05, 0) is 31.5 Å². The van der Waals surface area contributed by atoms with Crippen LogP contribution in [0.2, 0.25) is 0 Å². The molecule has 0 aliphatic carbocycles. The number of ether oxygens (including phenoxy) is 1. The van der Waals surface area contributed by atoms with Crippen molar-refractivity contribution in [3.05, 3.63) is 35.7 Å². The number of furan rings is 1. The van der Waals surface area contributed by atoms with Gasteiger partial charge in [-0.15, -0.1) is 0 Å². The molecule has 0 unspecified atom stereocenters. The molecular weight excluding hydrogens is 374 g/mol. The Morgan fingerprint density at radius 1 is 1.17 bits per heavy atom. The molecular formula is C20H23N5O4. The first kappa shape index (κ1) is 19.0. The molecule has 1 aliphatic rings. The lowest BCUT2D eigenvalue weighted by Crippen LogP contribution is -2.37. The first-order chi connectivity index (χ1) is 14.0. The van der Waals surface area contributed by atoms with Gasteiger partial charge in [-0.2, -0.15) is 5.10 Å². The highest BCUT2D eigenvalue weighted by Gasteiger charge is 2.27. The van der Waals surface area contributed by atoms with Crippen LogP contribution >= 0.6 is 0 Å². The molecule has 1 fully saturated rings. The summed E-state index contributed by atoms with van der Waals surface area (Å²) in [6.45, 7) is 3.86. The summed E-state index contributed by atoms with van der Waals surface area (Å²) in [4.78, 5) is 33.4. The van der Waals surface area contributed by atoms with Gasteiger partial charge in [-0.25, -0.2) is 9.78 Å². The van der Waals surface area contributed by atoms with Crippen LogP contribution in [0.4, 0.5) is 4.79 Å². The van der Waals surface area contributed by atoms with E-state index in [2.05, 4.69) is 10.1 Å². The van der Waals surface area contributed by atoms with E-state index in [0.717, 1.165) is 11.1 Å². The predicted octanol–water partition coefficient (Wildman–Crippen LogP) is 2.45. The van der Waals surface area contributed by atoms with Crippen LogP contribution in [0.5, 0.6) is 0 Å². The normalized spacial score (nSPS) is 14.9. The van der Waals surface area contributed by atoms with Crippen molar-refractivity contribution in [3.63, 3.8) is 0 Å². The average Bonchev–Trinajstić information content (AvgIpc) is 3.27. The number of fused-ring (bicyclic) bond motifs is 1. The smallest absolute Gasteiger partial charge is 0.409 e. The number of carbonyl (C=O) groups excluding carboxylic acids is 2. The molecule has 1 saturated heterocycles. The van der Waals surface area contributed by atoms with Crippen molar-refractivity contribution >= 4 is 23.0 Å². The fourth-order valence-electron chi connectivity index (χ4n) is 3.77. The zero-order valence-electron chi connectivity index (χ0n) is 16.7. The first-order valence-corrected chi connectivity index (χ1v) is 9.50. The molecule has 2 amide bonds. The minimum Gasteiger partial charge on any atom is -0.463 e. The van der Waals surface area contributed by atoms with Crippen molar-refractivity contribution in [2.45, 2.75) is 13.3 Å². The van der Waals surface area contributed by atoms with Gasteiger partial charge in [0.2, 0.25) is 0 Å². The Balaban J connectivity index is 1.72. The van der Waals surface area contributed by atoms with E-state index in [4.69, 9.17) is 9.15 Å². The van der Waals surface area contributed by atoms with E-state index in [1.165, 1.54) is 7.11 Å². The summed E-state index contributed by atoms with van der Waals surface area (Å²) < 4.78 is 12.0. The van der Waals surface area contributed by atoms with E-state index < -0.39 is 0 Å². The molecule has 0 atom stereocenters. The molecule has 0 bridgehead atoms. The number of aromatic nitrogens is 3. The number of nitrogens with zero attached hydrogens (tertiary/aromatic N) is 5. The number of carbonyl (C=O) groups is 2. The third kappa shape index (κ3) is 3.43. The number of hydrogen-bond donors (Lipinski definition) is 0. The van der Waals surface area contributed by atoms with Crippen molar-refractivity contribution < 1.29 is 18.7 Å². The fourth-order valence-corrected chi connectivity index (χ4v) is 3.77.